The van der Waals surface area contributed by atoms with Gasteiger partial charge in [-0.2, -0.15) is 0 Å². The Kier molecular flexibility index (Phi) is 5.02. The van der Waals surface area contributed by atoms with Crippen molar-refractivity contribution >= 4 is 23.2 Å². The molecule has 0 atom stereocenters. The second-order valence-electron chi connectivity index (χ2n) is 3.92. The molecule has 0 aliphatic heterocycles. The van der Waals surface area contributed by atoms with Crippen LogP contribution >= 0.6 is 23.2 Å². The molecule has 1 N–H and O–H groups in total. The summed E-state index contributed by atoms with van der Waals surface area (Å²) in [6.45, 7) is 3.65. The summed E-state index contributed by atoms with van der Waals surface area (Å²) in [5.74, 6) is 1.22. The predicted octanol–water partition coefficient (Wildman–Crippen LogP) is 4.29. The molecule has 100 valence electrons. The monoisotopic (exact) mass is 296 g/mol. The number of rotatable bonds is 5. The maximum atomic E-state index is 6.08. The number of hydrogen-bond acceptors (Lipinski definition) is 3. The maximum absolute atomic E-state index is 6.08. The maximum Gasteiger partial charge on any atom is 0.147 e. The summed E-state index contributed by atoms with van der Waals surface area (Å²) in [5.41, 5.74) is 0.914. The lowest BCUT2D eigenvalue weighted by atomic mass is 10.3. The number of nitrogens with zero attached hydrogens (tertiary/aromatic N) is 1. The van der Waals surface area contributed by atoms with E-state index in [1.54, 1.807) is 30.5 Å². The molecule has 0 aliphatic carbocycles. The molecule has 1 aromatic heterocycles. The number of ether oxygens (including phenoxy) is 1. The molecule has 0 saturated heterocycles. The molecular formula is C14H14Cl2N2O. The lowest BCUT2D eigenvalue weighted by Crippen LogP contribution is -2.12. The van der Waals surface area contributed by atoms with Crippen LogP contribution in [0.5, 0.6) is 11.5 Å². The molecule has 2 aromatic rings. The first-order valence-electron chi connectivity index (χ1n) is 5.98. The molecule has 0 bridgehead atoms. The molecule has 3 nitrogen and oxygen atoms in total. The van der Waals surface area contributed by atoms with Crippen molar-refractivity contribution in [2.75, 3.05) is 6.54 Å². The van der Waals surface area contributed by atoms with Crippen molar-refractivity contribution in [3.8, 4) is 11.5 Å². The highest BCUT2D eigenvalue weighted by molar-refractivity contribution is 6.42. The van der Waals surface area contributed by atoms with Gasteiger partial charge in [0, 0.05) is 18.8 Å². The van der Waals surface area contributed by atoms with Crippen molar-refractivity contribution in [2.45, 2.75) is 13.5 Å². The largest absolute Gasteiger partial charge is 0.456 e. The van der Waals surface area contributed by atoms with Crippen molar-refractivity contribution < 1.29 is 4.74 Å². The van der Waals surface area contributed by atoms with Crippen LogP contribution in [0.4, 0.5) is 0 Å². The summed E-state index contributed by atoms with van der Waals surface area (Å²) in [5, 5.41) is 4.10. The highest BCUT2D eigenvalue weighted by Crippen LogP contribution is 2.34. The van der Waals surface area contributed by atoms with Crippen LogP contribution in [0.2, 0.25) is 10.0 Å². The summed E-state index contributed by atoms with van der Waals surface area (Å²) < 4.78 is 5.73. The molecule has 0 saturated carbocycles. The van der Waals surface area contributed by atoms with E-state index >= 15 is 0 Å². The Hall–Kier alpha value is -1.29. The molecule has 0 fully saturated rings. The van der Waals surface area contributed by atoms with Crippen molar-refractivity contribution in [2.24, 2.45) is 0 Å². The first-order chi connectivity index (χ1) is 9.20. The van der Waals surface area contributed by atoms with Crippen LogP contribution in [0.1, 0.15) is 12.6 Å². The van der Waals surface area contributed by atoms with Gasteiger partial charge in [0.2, 0.25) is 0 Å². The molecule has 5 heteroatoms. The number of hydrogen-bond donors (Lipinski definition) is 1. The van der Waals surface area contributed by atoms with Crippen LogP contribution in [0.15, 0.2) is 36.5 Å². The SMILES string of the molecule is CCNCc1cc(Oc2cccc(Cl)c2Cl)ccn1. The fourth-order valence-electron chi connectivity index (χ4n) is 1.56. The molecular weight excluding hydrogens is 283 g/mol. The van der Waals surface area contributed by atoms with Crippen LogP contribution in [0.25, 0.3) is 0 Å². The van der Waals surface area contributed by atoms with Crippen LogP contribution in [0.3, 0.4) is 0 Å². The Morgan fingerprint density at radius 1 is 1.26 bits per heavy atom. The smallest absolute Gasteiger partial charge is 0.147 e. The lowest BCUT2D eigenvalue weighted by Gasteiger charge is -2.09. The summed E-state index contributed by atoms with van der Waals surface area (Å²) in [6.07, 6.45) is 1.71. The number of nitrogens with one attached hydrogen (secondary N) is 1. The molecule has 2 rings (SSSR count). The van der Waals surface area contributed by atoms with E-state index in [0.717, 1.165) is 12.2 Å². The molecule has 1 aromatic carbocycles. The Morgan fingerprint density at radius 3 is 2.89 bits per heavy atom. The Bertz CT molecular complexity index is 561. The summed E-state index contributed by atoms with van der Waals surface area (Å²) in [7, 11) is 0. The Labute approximate surface area is 122 Å². The van der Waals surface area contributed by atoms with Gasteiger partial charge in [-0.1, -0.05) is 36.2 Å². The van der Waals surface area contributed by atoms with E-state index in [0.29, 0.717) is 28.1 Å². The fraction of sp³-hybridized carbons (Fsp3) is 0.214. The van der Waals surface area contributed by atoms with Gasteiger partial charge in [0.25, 0.3) is 0 Å². The van der Waals surface area contributed by atoms with Gasteiger partial charge in [0.1, 0.15) is 16.5 Å². The third-order valence-electron chi connectivity index (χ3n) is 2.49. The number of halogens is 2. The van der Waals surface area contributed by atoms with Gasteiger partial charge in [-0.15, -0.1) is 0 Å². The third kappa shape index (κ3) is 3.83. The highest BCUT2D eigenvalue weighted by atomic mass is 35.5. The molecule has 19 heavy (non-hydrogen) atoms. The second kappa shape index (κ2) is 6.75. The Balaban J connectivity index is 2.16. The summed E-state index contributed by atoms with van der Waals surface area (Å²) in [6, 6.07) is 8.95. The lowest BCUT2D eigenvalue weighted by molar-refractivity contribution is 0.480. The van der Waals surface area contributed by atoms with E-state index in [-0.39, 0.29) is 0 Å². The van der Waals surface area contributed by atoms with Gasteiger partial charge in [0.15, 0.2) is 0 Å². The van der Waals surface area contributed by atoms with E-state index in [9.17, 15) is 0 Å². The van der Waals surface area contributed by atoms with Crippen LogP contribution < -0.4 is 10.1 Å². The predicted molar refractivity (Wildman–Crippen MR) is 78.2 cm³/mol. The molecule has 0 aliphatic rings. The van der Waals surface area contributed by atoms with Gasteiger partial charge in [-0.3, -0.25) is 4.98 Å². The van der Waals surface area contributed by atoms with Crippen molar-refractivity contribution in [3.05, 3.63) is 52.3 Å². The zero-order chi connectivity index (χ0) is 13.7. The van der Waals surface area contributed by atoms with Crippen LogP contribution in [-0.4, -0.2) is 11.5 Å². The molecule has 0 unspecified atom stereocenters. The minimum Gasteiger partial charge on any atom is -0.456 e. The van der Waals surface area contributed by atoms with Gasteiger partial charge >= 0.3 is 0 Å². The van der Waals surface area contributed by atoms with Gasteiger partial charge in [0.05, 0.1) is 10.7 Å². The number of pyridine rings is 1. The van der Waals surface area contributed by atoms with Crippen molar-refractivity contribution in [1.29, 1.82) is 0 Å². The quantitative estimate of drug-likeness (QED) is 0.894. The average molecular weight is 297 g/mol. The number of aromatic nitrogens is 1. The van der Waals surface area contributed by atoms with E-state index < -0.39 is 0 Å². The minimum absolute atomic E-state index is 0.411. The zero-order valence-corrected chi connectivity index (χ0v) is 12.0. The minimum atomic E-state index is 0.411. The van der Waals surface area contributed by atoms with Gasteiger partial charge in [-0.05, 0) is 24.7 Å². The van der Waals surface area contributed by atoms with Gasteiger partial charge in [-0.25, -0.2) is 0 Å². The topological polar surface area (TPSA) is 34.1 Å². The van der Waals surface area contributed by atoms with E-state index in [4.69, 9.17) is 27.9 Å². The van der Waals surface area contributed by atoms with Crippen LogP contribution in [-0.2, 0) is 6.54 Å². The van der Waals surface area contributed by atoms with Crippen LogP contribution in [0, 0.1) is 0 Å². The number of benzene rings is 1. The second-order valence-corrected chi connectivity index (χ2v) is 4.70. The molecule has 0 amide bonds. The van der Waals surface area contributed by atoms with Crippen molar-refractivity contribution in [1.82, 2.24) is 10.3 Å². The normalized spacial score (nSPS) is 10.5. The first-order valence-corrected chi connectivity index (χ1v) is 6.74. The molecule has 0 spiro atoms. The third-order valence-corrected chi connectivity index (χ3v) is 3.29. The van der Waals surface area contributed by atoms with Gasteiger partial charge < -0.3 is 10.1 Å². The first kappa shape index (κ1) is 14.1. The van der Waals surface area contributed by atoms with E-state index in [1.165, 1.54) is 0 Å². The summed E-state index contributed by atoms with van der Waals surface area (Å²) >= 11 is 12.0. The zero-order valence-electron chi connectivity index (χ0n) is 10.5. The van der Waals surface area contributed by atoms with E-state index in [1.807, 2.05) is 13.0 Å². The fourth-order valence-corrected chi connectivity index (χ4v) is 1.89. The molecule has 1 heterocycles. The highest BCUT2D eigenvalue weighted by Gasteiger charge is 2.07. The molecule has 0 radical (unpaired) electrons. The van der Waals surface area contributed by atoms with E-state index in [2.05, 4.69) is 10.3 Å². The average Bonchev–Trinajstić information content (AvgIpc) is 2.42. The Morgan fingerprint density at radius 2 is 2.11 bits per heavy atom. The summed E-state index contributed by atoms with van der Waals surface area (Å²) in [4.78, 5) is 4.26. The van der Waals surface area contributed by atoms with Crippen molar-refractivity contribution in [3.63, 3.8) is 0 Å². The standard InChI is InChI=1S/C14H14Cl2N2O/c1-2-17-9-10-8-11(6-7-18-10)19-13-5-3-4-12(15)14(13)16/h3-8,17H,2,9H2,1H3.